The van der Waals surface area contributed by atoms with Gasteiger partial charge in [0.25, 0.3) is 40.5 Å². The number of phenolic OH excluding ortho intramolecular Hbond substituents is 2. The number of phenols is 2. The number of hydrogen-bond donors (Lipinski definition) is 10. The Morgan fingerprint density at radius 1 is 0.429 bits per heavy atom. The van der Waals surface area contributed by atoms with Gasteiger partial charge in [0.05, 0.1) is 37.6 Å². The van der Waals surface area contributed by atoms with E-state index >= 15 is 0 Å². The largest absolute Gasteiger partial charge is 0.506 e. The van der Waals surface area contributed by atoms with Crippen molar-refractivity contribution in [2.24, 2.45) is 20.5 Å². The number of azo groups is 2. The summed E-state index contributed by atoms with van der Waals surface area (Å²) < 4.78 is 131. The van der Waals surface area contributed by atoms with Crippen LogP contribution in [-0.4, -0.2) is 62.1 Å². The van der Waals surface area contributed by atoms with Crippen molar-refractivity contribution in [1.29, 1.82) is 0 Å². The quantitative estimate of drug-likeness (QED) is 0.0414. The van der Waals surface area contributed by atoms with Gasteiger partial charge < -0.3 is 33.1 Å². The Kier molecular flexibility index (Phi) is 12.0. The first-order chi connectivity index (χ1) is 29.1. The van der Waals surface area contributed by atoms with Crippen LogP contribution in [0.15, 0.2) is 131 Å². The Morgan fingerprint density at radius 3 is 1.37 bits per heavy atom. The van der Waals surface area contributed by atoms with Crippen LogP contribution in [0.2, 0.25) is 5.02 Å². The van der Waals surface area contributed by atoms with Gasteiger partial charge in [0.2, 0.25) is 0 Å². The van der Waals surface area contributed by atoms with E-state index in [2.05, 4.69) is 20.5 Å². The van der Waals surface area contributed by atoms with Crippen LogP contribution in [0.3, 0.4) is 0 Å². The highest BCUT2D eigenvalue weighted by Crippen LogP contribution is 2.44. The number of nitrogens with zero attached hydrogens (tertiary/aromatic N) is 4. The Hall–Kier alpha value is -6.75. The minimum atomic E-state index is -5.07. The van der Waals surface area contributed by atoms with E-state index in [0.29, 0.717) is 21.8 Å². The van der Waals surface area contributed by atoms with E-state index in [0.717, 1.165) is 30.3 Å². The number of nitrogens with two attached hydrogens (primary N) is 4. The normalized spacial score (nSPS) is 12.7. The van der Waals surface area contributed by atoms with Crippen molar-refractivity contribution in [1.82, 2.24) is 0 Å². The van der Waals surface area contributed by atoms with Crippen molar-refractivity contribution in [3.8, 4) is 11.5 Å². The molecule has 0 aromatic heterocycles. The Balaban J connectivity index is 0.000000223. The standard InChI is InChI=1S/C20H16N4O10S3.C16H13ClN4O4S/c21-14-3-4-16(13-7-10(35(26,27)28)1-2-11(13)14)23-24-19-18(37(32,33)34)6-9-5-17(36(29,30)31)15(22)8-12(9)20(19)25;17-11-6-15(16(22)7-13(11)19)21-20-14-4-3-12(18)9-2-1-8(5-10(9)14)26(23,24)25/h1-8,25H,21-22H2,(H,26,27,28)(H,29,30,31)(H,32,33,34);1-7,22H,18-19H2,(H,23,24,25). The van der Waals surface area contributed by atoms with E-state index in [4.69, 9.17) is 34.5 Å². The molecule has 0 bridgehead atoms. The lowest BCUT2D eigenvalue weighted by molar-refractivity contribution is 0.472. The molecule has 0 unspecified atom stereocenters. The van der Waals surface area contributed by atoms with Crippen LogP contribution in [0.5, 0.6) is 11.5 Å². The molecular weight excluding hydrogens is 932 g/mol. The maximum Gasteiger partial charge on any atom is 0.296 e. The first-order valence-corrected chi connectivity index (χ1v) is 23.0. The third-order valence-electron chi connectivity index (χ3n) is 8.95. The zero-order valence-electron chi connectivity index (χ0n) is 31.2. The van der Waals surface area contributed by atoms with E-state index in [1.165, 1.54) is 54.6 Å². The van der Waals surface area contributed by atoms with Crippen molar-refractivity contribution in [2.75, 3.05) is 22.9 Å². The molecule has 14 N–H and O–H groups in total. The van der Waals surface area contributed by atoms with Crippen LogP contribution < -0.4 is 22.9 Å². The average Bonchev–Trinajstić information content (AvgIpc) is 3.18. The monoisotopic (exact) mass is 960 g/mol. The first kappa shape index (κ1) is 45.8. The summed E-state index contributed by atoms with van der Waals surface area (Å²) in [5.41, 5.74) is 22.9. The molecule has 7 aromatic rings. The average molecular weight is 961 g/mol. The zero-order valence-corrected chi connectivity index (χ0v) is 35.2. The Bertz CT molecular complexity index is 3610. The van der Waals surface area contributed by atoms with Gasteiger partial charge in [-0.2, -0.15) is 33.7 Å². The maximum atomic E-state index is 12.1. The van der Waals surface area contributed by atoms with Crippen molar-refractivity contribution in [2.45, 2.75) is 19.6 Å². The first-order valence-electron chi connectivity index (χ1n) is 16.9. The van der Waals surface area contributed by atoms with Crippen LogP contribution in [0.1, 0.15) is 0 Å². The molecule has 0 aliphatic heterocycles. The molecule has 328 valence electrons. The topological polar surface area (TPSA) is 411 Å². The number of hydrogen-bond acceptors (Lipinski definition) is 18. The highest BCUT2D eigenvalue weighted by atomic mass is 35.5. The molecule has 27 heteroatoms. The summed E-state index contributed by atoms with van der Waals surface area (Å²) in [5.74, 6) is -1.07. The maximum absolute atomic E-state index is 12.1. The second kappa shape index (κ2) is 16.5. The zero-order chi connectivity index (χ0) is 46.6. The van der Waals surface area contributed by atoms with Crippen molar-refractivity contribution in [3.05, 3.63) is 96.0 Å². The second-order valence-electron chi connectivity index (χ2n) is 13.1. The predicted molar refractivity (Wildman–Crippen MR) is 232 cm³/mol. The molecule has 0 atom stereocenters. The minimum absolute atomic E-state index is 0.0586. The van der Waals surface area contributed by atoms with Gasteiger partial charge in [-0.1, -0.05) is 23.7 Å². The van der Waals surface area contributed by atoms with Crippen molar-refractivity contribution >= 4 is 130 Å². The molecule has 0 aliphatic rings. The van der Waals surface area contributed by atoms with Gasteiger partial charge >= 0.3 is 0 Å². The molecule has 7 aromatic carbocycles. The van der Waals surface area contributed by atoms with Crippen LogP contribution in [0, 0.1) is 0 Å². The van der Waals surface area contributed by atoms with E-state index in [-0.39, 0.29) is 60.3 Å². The minimum Gasteiger partial charge on any atom is -0.506 e. The van der Waals surface area contributed by atoms with Gasteiger partial charge in [-0.05, 0) is 78.2 Å². The molecule has 0 spiro atoms. The fourth-order valence-electron chi connectivity index (χ4n) is 5.93. The number of aromatic hydroxyl groups is 2. The SMILES string of the molecule is Nc1cc(O)c(N=Nc2ccc(N)c3ccc(S(=O)(=O)O)cc23)cc1Cl.Nc1cc2c(O)c(N=Nc3ccc(N)c4ccc(S(=O)(=O)O)cc34)c(S(=O)(=O)O)cc2cc1S(=O)(=O)O. The summed E-state index contributed by atoms with van der Waals surface area (Å²) in [6.07, 6.45) is 0. The van der Waals surface area contributed by atoms with Gasteiger partial charge in [-0.15, -0.1) is 20.5 Å². The molecule has 0 saturated heterocycles. The lowest BCUT2D eigenvalue weighted by atomic mass is 10.1. The van der Waals surface area contributed by atoms with Gasteiger partial charge in [0, 0.05) is 44.4 Å². The number of nitrogen functional groups attached to an aromatic ring is 4. The molecule has 0 heterocycles. The predicted octanol–water partition coefficient (Wildman–Crippen LogP) is 7.04. The molecular formula is C36H29ClN8O14S4. The molecule has 0 amide bonds. The molecule has 0 saturated carbocycles. The Labute approximate surface area is 360 Å². The molecule has 0 fully saturated rings. The van der Waals surface area contributed by atoms with E-state index in [9.17, 15) is 62.1 Å². The summed E-state index contributed by atoms with van der Waals surface area (Å²) in [7, 11) is -18.9. The van der Waals surface area contributed by atoms with Crippen LogP contribution in [0.25, 0.3) is 32.3 Å². The van der Waals surface area contributed by atoms with Crippen molar-refractivity contribution < 1.29 is 62.1 Å². The van der Waals surface area contributed by atoms with E-state index in [1.54, 1.807) is 6.07 Å². The van der Waals surface area contributed by atoms with E-state index in [1.807, 2.05) is 0 Å². The third-order valence-corrected chi connectivity index (χ3v) is 12.8. The molecule has 63 heavy (non-hydrogen) atoms. The fraction of sp³-hybridized carbons (Fsp3) is 0. The number of anilines is 4. The summed E-state index contributed by atoms with van der Waals surface area (Å²) in [6, 6.07) is 18.3. The number of fused-ring (bicyclic) bond motifs is 3. The lowest BCUT2D eigenvalue weighted by Crippen LogP contribution is -2.04. The van der Waals surface area contributed by atoms with Gasteiger partial charge in [0.15, 0.2) is 5.75 Å². The number of benzene rings is 7. The lowest BCUT2D eigenvalue weighted by Gasteiger charge is -2.11. The highest BCUT2D eigenvalue weighted by molar-refractivity contribution is 7.86. The number of halogens is 1. The van der Waals surface area contributed by atoms with Crippen LogP contribution in [-0.2, 0) is 40.5 Å². The molecule has 22 nitrogen and oxygen atoms in total. The number of rotatable bonds is 8. The smallest absolute Gasteiger partial charge is 0.296 e. The molecule has 0 aliphatic carbocycles. The second-order valence-corrected chi connectivity index (χ2v) is 19.1. The van der Waals surface area contributed by atoms with Gasteiger partial charge in [-0.3, -0.25) is 18.2 Å². The fourth-order valence-corrected chi connectivity index (χ4v) is 8.39. The van der Waals surface area contributed by atoms with Gasteiger partial charge in [-0.25, -0.2) is 0 Å². The third kappa shape index (κ3) is 9.68. The Morgan fingerprint density at radius 2 is 0.889 bits per heavy atom. The summed E-state index contributed by atoms with van der Waals surface area (Å²) in [4.78, 5) is -2.52. The van der Waals surface area contributed by atoms with Gasteiger partial charge in [0.1, 0.15) is 26.9 Å². The van der Waals surface area contributed by atoms with Crippen molar-refractivity contribution in [3.63, 3.8) is 0 Å². The summed E-state index contributed by atoms with van der Waals surface area (Å²) in [5, 5.41) is 37.3. The van der Waals surface area contributed by atoms with E-state index < -0.39 is 72.3 Å². The van der Waals surface area contributed by atoms with Crippen LogP contribution in [0.4, 0.5) is 45.5 Å². The summed E-state index contributed by atoms with van der Waals surface area (Å²) in [6.45, 7) is 0. The molecule has 7 rings (SSSR count). The highest BCUT2D eigenvalue weighted by Gasteiger charge is 2.25. The molecule has 0 radical (unpaired) electrons. The van der Waals surface area contributed by atoms with Crippen LogP contribution >= 0.6 is 11.6 Å². The summed E-state index contributed by atoms with van der Waals surface area (Å²) >= 11 is 5.91.